The van der Waals surface area contributed by atoms with E-state index in [2.05, 4.69) is 36.6 Å². The minimum absolute atomic E-state index is 0.166. The summed E-state index contributed by atoms with van der Waals surface area (Å²) in [6.07, 6.45) is 7.40. The number of nitrogens with one attached hydrogen (secondary N) is 3. The second-order valence-electron chi connectivity index (χ2n) is 7.87. The van der Waals surface area contributed by atoms with E-state index in [0.29, 0.717) is 36.8 Å². The zero-order valence-electron chi connectivity index (χ0n) is 18.3. The zero-order valence-corrected chi connectivity index (χ0v) is 18.3. The van der Waals surface area contributed by atoms with E-state index in [1.54, 1.807) is 23.2 Å². The molecule has 0 saturated carbocycles. The van der Waals surface area contributed by atoms with Crippen molar-refractivity contribution < 1.29 is 10.2 Å². The van der Waals surface area contributed by atoms with E-state index in [1.165, 1.54) is 12.5 Å². The number of pyridine rings is 1. The van der Waals surface area contributed by atoms with Crippen molar-refractivity contribution in [3.63, 3.8) is 0 Å². The minimum Gasteiger partial charge on any atom is -0.398 e. The van der Waals surface area contributed by atoms with Gasteiger partial charge in [-0.1, -0.05) is 12.1 Å². The lowest BCUT2D eigenvalue weighted by atomic mass is 10.1. The second-order valence-corrected chi connectivity index (χ2v) is 7.87. The van der Waals surface area contributed by atoms with E-state index in [0.717, 1.165) is 33.6 Å². The van der Waals surface area contributed by atoms with E-state index in [4.69, 9.17) is 11.1 Å². The van der Waals surface area contributed by atoms with E-state index in [1.807, 2.05) is 30.3 Å². The molecule has 10 nitrogen and oxygen atoms in total. The Morgan fingerprint density at radius 2 is 2.09 bits per heavy atom. The Morgan fingerprint density at radius 1 is 1.18 bits per heavy atom. The largest absolute Gasteiger partial charge is 0.398 e. The fraction of sp³-hybridized carbons (Fsp3) is 0.125. The normalized spacial score (nSPS) is 13.4. The number of H-pyrrole nitrogens is 1. The summed E-state index contributed by atoms with van der Waals surface area (Å²) in [6, 6.07) is 12.8. The number of nitrogens with zero attached hydrogens (tertiary/aromatic N) is 4. The third-order valence-corrected chi connectivity index (χ3v) is 5.70. The monoisotopic (exact) mass is 454 g/mol. The van der Waals surface area contributed by atoms with E-state index in [9.17, 15) is 4.79 Å². The number of aromatic nitrogens is 4. The standard InChI is InChI=1S/C24H23N9O/c25-13-16-11-17(4-5-19(16)26)30-22-18-12-20(31-23(18)29-14-28-22)15-6-9-33(10-7-15)24(34)32-21-3-1-2-8-27-21/h1-6,8,11-14,25H,7,9-10,26H2,(H,27,32,34)(H2,28,29,30,31)/p+1. The van der Waals surface area contributed by atoms with Crippen LogP contribution in [0, 0.1) is 0 Å². The van der Waals surface area contributed by atoms with Gasteiger partial charge >= 0.3 is 6.03 Å². The van der Waals surface area contributed by atoms with Crippen LogP contribution in [0.2, 0.25) is 0 Å². The number of carbonyl (C=O) groups is 1. The maximum absolute atomic E-state index is 12.5. The van der Waals surface area contributed by atoms with Crippen LogP contribution in [0.4, 0.5) is 27.8 Å². The highest BCUT2D eigenvalue weighted by atomic mass is 16.2. The Balaban J connectivity index is 1.33. The molecule has 10 heteroatoms. The summed E-state index contributed by atoms with van der Waals surface area (Å²) in [5.41, 5.74) is 10.9. The molecule has 0 unspecified atom stereocenters. The quantitative estimate of drug-likeness (QED) is 0.230. The van der Waals surface area contributed by atoms with Crippen LogP contribution in [0.25, 0.3) is 16.6 Å². The third-order valence-electron chi connectivity index (χ3n) is 5.70. The highest BCUT2D eigenvalue weighted by Gasteiger charge is 2.20. The highest BCUT2D eigenvalue weighted by Crippen LogP contribution is 2.29. The maximum Gasteiger partial charge on any atom is 0.323 e. The molecule has 0 saturated heterocycles. The number of anilines is 4. The summed E-state index contributed by atoms with van der Waals surface area (Å²) in [7, 11) is 0. The fourth-order valence-corrected chi connectivity index (χ4v) is 3.87. The molecule has 0 radical (unpaired) electrons. The Labute approximate surface area is 195 Å². The number of carbonyl (C=O) groups excluding carboxylic acids is 1. The van der Waals surface area contributed by atoms with Crippen molar-refractivity contribution in [3.05, 3.63) is 72.3 Å². The number of hydrogen-bond acceptors (Lipinski definition) is 6. The average molecular weight is 455 g/mol. The van der Waals surface area contributed by atoms with Gasteiger partial charge in [0, 0.05) is 36.4 Å². The van der Waals surface area contributed by atoms with Gasteiger partial charge in [-0.15, -0.1) is 0 Å². The molecule has 7 N–H and O–H groups in total. The second kappa shape index (κ2) is 9.02. The molecule has 1 aromatic carbocycles. The van der Waals surface area contributed by atoms with Crippen molar-refractivity contribution in [1.29, 1.82) is 0 Å². The van der Waals surface area contributed by atoms with Gasteiger partial charge in [0.1, 0.15) is 23.6 Å². The summed E-state index contributed by atoms with van der Waals surface area (Å²) >= 11 is 0. The van der Waals surface area contributed by atoms with Crippen LogP contribution < -0.4 is 21.8 Å². The molecule has 4 aromatic rings. The third kappa shape index (κ3) is 4.29. The molecule has 0 fully saturated rings. The van der Waals surface area contributed by atoms with Crippen molar-refractivity contribution in [2.45, 2.75) is 6.42 Å². The van der Waals surface area contributed by atoms with Gasteiger partial charge in [0.25, 0.3) is 0 Å². The molecule has 5 rings (SSSR count). The molecule has 1 aliphatic rings. The average Bonchev–Trinajstić information content (AvgIpc) is 3.31. The van der Waals surface area contributed by atoms with Crippen LogP contribution in [-0.4, -0.2) is 50.2 Å². The van der Waals surface area contributed by atoms with Crippen molar-refractivity contribution in [2.75, 3.05) is 29.5 Å². The van der Waals surface area contributed by atoms with Gasteiger partial charge < -0.3 is 20.9 Å². The number of fused-ring (bicyclic) bond motifs is 1. The fourth-order valence-electron chi connectivity index (χ4n) is 3.87. The summed E-state index contributed by atoms with van der Waals surface area (Å²) in [4.78, 5) is 30.6. The van der Waals surface area contributed by atoms with E-state index in [-0.39, 0.29) is 6.03 Å². The number of rotatable bonds is 5. The van der Waals surface area contributed by atoms with Crippen LogP contribution in [0.3, 0.4) is 0 Å². The van der Waals surface area contributed by atoms with Crippen molar-refractivity contribution in [1.82, 2.24) is 24.8 Å². The first-order chi connectivity index (χ1) is 16.6. The Bertz CT molecular complexity index is 1390. The first kappa shape index (κ1) is 21.1. The van der Waals surface area contributed by atoms with Gasteiger partial charge in [-0.3, -0.25) is 10.7 Å². The van der Waals surface area contributed by atoms with Crippen LogP contribution in [0.5, 0.6) is 0 Å². The molecule has 0 atom stereocenters. The van der Waals surface area contributed by atoms with Gasteiger partial charge in [0.05, 0.1) is 10.9 Å². The summed E-state index contributed by atoms with van der Waals surface area (Å²) in [5.74, 6) is 1.21. The van der Waals surface area contributed by atoms with Crippen molar-refractivity contribution >= 4 is 51.9 Å². The zero-order chi connectivity index (χ0) is 23.5. The molecule has 0 spiro atoms. The molecule has 34 heavy (non-hydrogen) atoms. The Morgan fingerprint density at radius 3 is 2.85 bits per heavy atom. The van der Waals surface area contributed by atoms with E-state index >= 15 is 0 Å². The van der Waals surface area contributed by atoms with Crippen LogP contribution in [0.15, 0.2) is 61.1 Å². The molecule has 170 valence electrons. The topological polar surface area (TPSA) is 150 Å². The van der Waals surface area contributed by atoms with Crippen LogP contribution >= 0.6 is 0 Å². The van der Waals surface area contributed by atoms with Crippen LogP contribution in [-0.2, 0) is 0 Å². The van der Waals surface area contributed by atoms with Gasteiger partial charge in [0.15, 0.2) is 6.21 Å². The molecule has 3 aromatic heterocycles. The molecule has 1 aliphatic heterocycles. The van der Waals surface area contributed by atoms with Gasteiger partial charge in [-0.25, -0.2) is 19.7 Å². The molecule has 0 bridgehead atoms. The molecular formula is C24H24N9O+. The smallest absolute Gasteiger partial charge is 0.323 e. The number of hydrogen-bond donors (Lipinski definition) is 5. The lowest BCUT2D eigenvalue weighted by Crippen LogP contribution is -2.38. The predicted octanol–water partition coefficient (Wildman–Crippen LogP) is 2.18. The van der Waals surface area contributed by atoms with Gasteiger partial charge in [-0.05, 0) is 48.4 Å². The maximum atomic E-state index is 12.5. The van der Waals surface area contributed by atoms with Crippen LogP contribution in [0.1, 0.15) is 17.7 Å². The Kier molecular flexibility index (Phi) is 5.61. The number of amides is 2. The van der Waals surface area contributed by atoms with Gasteiger partial charge in [0.2, 0.25) is 0 Å². The predicted molar refractivity (Wildman–Crippen MR) is 133 cm³/mol. The number of nitrogens with two attached hydrogens (primary N) is 2. The summed E-state index contributed by atoms with van der Waals surface area (Å²) < 4.78 is 0. The highest BCUT2D eigenvalue weighted by molar-refractivity contribution is 5.93. The SMILES string of the molecule is Nc1ccc(Nc2ncnc3[nH]c(C4=CCN(C(=O)Nc5ccccn5)CC4)cc23)cc1C=[NH2+]. The number of urea groups is 1. The Hall–Kier alpha value is -4.73. The molecule has 4 heterocycles. The van der Waals surface area contributed by atoms with Gasteiger partial charge in [-0.2, -0.15) is 0 Å². The number of aromatic amines is 1. The minimum atomic E-state index is -0.166. The number of benzene rings is 1. The molecular weight excluding hydrogens is 430 g/mol. The van der Waals surface area contributed by atoms with E-state index < -0.39 is 0 Å². The first-order valence-electron chi connectivity index (χ1n) is 10.8. The first-order valence-corrected chi connectivity index (χ1v) is 10.8. The molecule has 2 amide bonds. The van der Waals surface area contributed by atoms with Crippen molar-refractivity contribution in [2.24, 2.45) is 0 Å². The van der Waals surface area contributed by atoms with Crippen molar-refractivity contribution in [3.8, 4) is 0 Å². The summed E-state index contributed by atoms with van der Waals surface area (Å²) in [5, 5.41) is 12.7. The molecule has 0 aliphatic carbocycles. The summed E-state index contributed by atoms with van der Waals surface area (Å²) in [6.45, 7) is 1.10. The lowest BCUT2D eigenvalue weighted by Gasteiger charge is -2.26. The number of nitrogen functional groups attached to an aromatic ring is 1. The lowest BCUT2D eigenvalue weighted by molar-refractivity contribution is -0.104.